The lowest BCUT2D eigenvalue weighted by Gasteiger charge is -2.30. The van der Waals surface area contributed by atoms with Crippen molar-refractivity contribution in [3.63, 3.8) is 0 Å². The second-order valence-corrected chi connectivity index (χ2v) is 5.98. The standard InChI is InChI=1S/C19H25N5O2/c1-3-23(4-2)19-20-10-9-16(22-19)18(25)21-15-7-5-6-8-17(15)24-11-13-26-14-12-24/h5-10H,3-4,11-14H2,1-2H3,(H,21,25). The van der Waals surface area contributed by atoms with Crippen LogP contribution in [0, 0.1) is 0 Å². The number of para-hydroxylation sites is 2. The van der Waals surface area contributed by atoms with Crippen molar-refractivity contribution < 1.29 is 9.53 Å². The van der Waals surface area contributed by atoms with E-state index < -0.39 is 0 Å². The van der Waals surface area contributed by atoms with Crippen LogP contribution in [0.25, 0.3) is 0 Å². The molecule has 0 atom stereocenters. The number of carbonyl (C=O) groups excluding carboxylic acids is 1. The number of hydrogen-bond acceptors (Lipinski definition) is 6. The molecule has 1 amide bonds. The molecule has 0 bridgehead atoms. The highest BCUT2D eigenvalue weighted by molar-refractivity contribution is 6.04. The largest absolute Gasteiger partial charge is 0.378 e. The van der Waals surface area contributed by atoms with Gasteiger partial charge in [0.15, 0.2) is 0 Å². The Bertz CT molecular complexity index is 742. The predicted molar refractivity (Wildman–Crippen MR) is 103 cm³/mol. The summed E-state index contributed by atoms with van der Waals surface area (Å²) in [7, 11) is 0. The van der Waals surface area contributed by atoms with Gasteiger partial charge in [-0.15, -0.1) is 0 Å². The Morgan fingerprint density at radius 1 is 1.19 bits per heavy atom. The molecule has 7 heteroatoms. The molecule has 0 radical (unpaired) electrons. The van der Waals surface area contributed by atoms with E-state index in [-0.39, 0.29) is 5.91 Å². The molecule has 1 aliphatic rings. The summed E-state index contributed by atoms with van der Waals surface area (Å²) in [6.45, 7) is 8.68. The molecule has 3 rings (SSSR count). The fourth-order valence-corrected chi connectivity index (χ4v) is 2.98. The Morgan fingerprint density at radius 2 is 1.92 bits per heavy atom. The zero-order valence-corrected chi connectivity index (χ0v) is 15.3. The lowest BCUT2D eigenvalue weighted by atomic mass is 10.2. The Morgan fingerprint density at radius 3 is 2.65 bits per heavy atom. The van der Waals surface area contributed by atoms with Gasteiger partial charge in [0.2, 0.25) is 5.95 Å². The van der Waals surface area contributed by atoms with Gasteiger partial charge in [-0.2, -0.15) is 0 Å². The van der Waals surface area contributed by atoms with Gasteiger partial charge < -0.3 is 19.9 Å². The van der Waals surface area contributed by atoms with Crippen LogP contribution in [0.4, 0.5) is 17.3 Å². The number of benzene rings is 1. The van der Waals surface area contributed by atoms with Gasteiger partial charge in [0, 0.05) is 32.4 Å². The molecule has 1 aliphatic heterocycles. The van der Waals surface area contributed by atoms with E-state index in [9.17, 15) is 4.79 Å². The first-order chi connectivity index (χ1) is 12.7. The molecule has 7 nitrogen and oxygen atoms in total. The SMILES string of the molecule is CCN(CC)c1nccc(C(=O)Nc2ccccc2N2CCOCC2)n1. The van der Waals surface area contributed by atoms with Crippen LogP contribution in [0.3, 0.4) is 0 Å². The number of anilines is 3. The molecule has 138 valence electrons. The van der Waals surface area contributed by atoms with Crippen molar-refractivity contribution in [1.29, 1.82) is 0 Å². The fourth-order valence-electron chi connectivity index (χ4n) is 2.98. The Hall–Kier alpha value is -2.67. The third kappa shape index (κ3) is 4.11. The van der Waals surface area contributed by atoms with Crippen molar-refractivity contribution in [2.75, 3.05) is 54.5 Å². The number of rotatable bonds is 6. The first-order valence-corrected chi connectivity index (χ1v) is 9.04. The minimum absolute atomic E-state index is 0.235. The van der Waals surface area contributed by atoms with Gasteiger partial charge >= 0.3 is 0 Å². The third-order valence-electron chi connectivity index (χ3n) is 4.43. The second kappa shape index (κ2) is 8.62. The highest BCUT2D eigenvalue weighted by atomic mass is 16.5. The van der Waals surface area contributed by atoms with Gasteiger partial charge in [-0.3, -0.25) is 4.79 Å². The monoisotopic (exact) mass is 355 g/mol. The molecular formula is C19H25N5O2. The molecule has 1 fully saturated rings. The minimum atomic E-state index is -0.235. The molecule has 1 aromatic carbocycles. The molecule has 26 heavy (non-hydrogen) atoms. The predicted octanol–water partition coefficient (Wildman–Crippen LogP) is 2.41. The highest BCUT2D eigenvalue weighted by Gasteiger charge is 2.17. The Balaban J connectivity index is 1.79. The average molecular weight is 355 g/mol. The number of amides is 1. The zero-order chi connectivity index (χ0) is 18.4. The summed E-state index contributed by atoms with van der Waals surface area (Å²) in [4.78, 5) is 25.7. The molecule has 0 spiro atoms. The van der Waals surface area contributed by atoms with Crippen molar-refractivity contribution in [3.8, 4) is 0 Å². The molecule has 1 aromatic heterocycles. The average Bonchev–Trinajstić information content (AvgIpc) is 2.70. The maximum absolute atomic E-state index is 12.7. The summed E-state index contributed by atoms with van der Waals surface area (Å²) >= 11 is 0. The molecule has 2 heterocycles. The molecule has 0 saturated carbocycles. The lowest BCUT2D eigenvalue weighted by molar-refractivity contribution is 0.102. The number of hydrogen-bond donors (Lipinski definition) is 1. The number of nitrogens with zero attached hydrogens (tertiary/aromatic N) is 4. The van der Waals surface area contributed by atoms with Crippen molar-refractivity contribution >= 4 is 23.2 Å². The van der Waals surface area contributed by atoms with E-state index in [1.165, 1.54) is 0 Å². The van der Waals surface area contributed by atoms with Crippen molar-refractivity contribution in [2.24, 2.45) is 0 Å². The molecular weight excluding hydrogens is 330 g/mol. The number of carbonyl (C=O) groups is 1. The van der Waals surface area contributed by atoms with Gasteiger partial charge in [-0.05, 0) is 32.0 Å². The van der Waals surface area contributed by atoms with Gasteiger partial charge in [0.1, 0.15) is 5.69 Å². The van der Waals surface area contributed by atoms with E-state index in [0.29, 0.717) is 24.9 Å². The first kappa shape index (κ1) is 18.1. The second-order valence-electron chi connectivity index (χ2n) is 5.98. The van der Waals surface area contributed by atoms with Crippen LogP contribution in [0.5, 0.6) is 0 Å². The van der Waals surface area contributed by atoms with Crippen LogP contribution in [0.2, 0.25) is 0 Å². The van der Waals surface area contributed by atoms with Crippen LogP contribution >= 0.6 is 0 Å². The van der Waals surface area contributed by atoms with Gasteiger partial charge in [0.05, 0.1) is 24.6 Å². The molecule has 1 saturated heterocycles. The van der Waals surface area contributed by atoms with Crippen LogP contribution in [0.15, 0.2) is 36.5 Å². The molecule has 0 aliphatic carbocycles. The number of nitrogens with one attached hydrogen (secondary N) is 1. The smallest absolute Gasteiger partial charge is 0.274 e. The Kier molecular flexibility index (Phi) is 6.01. The molecule has 2 aromatic rings. The maximum Gasteiger partial charge on any atom is 0.274 e. The van der Waals surface area contributed by atoms with Crippen molar-refractivity contribution in [2.45, 2.75) is 13.8 Å². The summed E-state index contributed by atoms with van der Waals surface area (Å²) in [5.41, 5.74) is 2.14. The molecule has 0 unspecified atom stereocenters. The zero-order valence-electron chi connectivity index (χ0n) is 15.3. The summed E-state index contributed by atoms with van der Waals surface area (Å²) in [6.07, 6.45) is 1.63. The van der Waals surface area contributed by atoms with E-state index >= 15 is 0 Å². The summed E-state index contributed by atoms with van der Waals surface area (Å²) in [5.74, 6) is 0.339. The van der Waals surface area contributed by atoms with Crippen LogP contribution in [0.1, 0.15) is 24.3 Å². The summed E-state index contributed by atoms with van der Waals surface area (Å²) in [6, 6.07) is 9.46. The maximum atomic E-state index is 12.7. The summed E-state index contributed by atoms with van der Waals surface area (Å²) < 4.78 is 5.42. The van der Waals surface area contributed by atoms with E-state index in [1.807, 2.05) is 43.0 Å². The first-order valence-electron chi connectivity index (χ1n) is 9.04. The van der Waals surface area contributed by atoms with Gasteiger partial charge in [-0.1, -0.05) is 12.1 Å². The summed E-state index contributed by atoms with van der Waals surface area (Å²) in [5, 5.41) is 3.00. The van der Waals surface area contributed by atoms with Crippen molar-refractivity contribution in [1.82, 2.24) is 9.97 Å². The highest BCUT2D eigenvalue weighted by Crippen LogP contribution is 2.26. The molecule has 1 N–H and O–H groups in total. The van der Waals surface area contributed by atoms with Crippen LogP contribution in [-0.4, -0.2) is 55.3 Å². The number of ether oxygens (including phenoxy) is 1. The Labute approximate surface area is 154 Å². The van der Waals surface area contributed by atoms with E-state index in [1.54, 1.807) is 12.3 Å². The third-order valence-corrected chi connectivity index (χ3v) is 4.43. The van der Waals surface area contributed by atoms with Crippen LogP contribution < -0.4 is 15.1 Å². The quantitative estimate of drug-likeness (QED) is 0.858. The van der Waals surface area contributed by atoms with E-state index in [0.717, 1.165) is 37.6 Å². The number of morpholine rings is 1. The van der Waals surface area contributed by atoms with E-state index in [2.05, 4.69) is 20.2 Å². The van der Waals surface area contributed by atoms with Crippen LogP contribution in [-0.2, 0) is 4.74 Å². The van der Waals surface area contributed by atoms with E-state index in [4.69, 9.17) is 4.74 Å². The lowest BCUT2D eigenvalue weighted by Crippen LogP contribution is -2.36. The van der Waals surface area contributed by atoms with Gasteiger partial charge in [-0.25, -0.2) is 9.97 Å². The normalized spacial score (nSPS) is 14.2. The van der Waals surface area contributed by atoms with Gasteiger partial charge in [0.25, 0.3) is 5.91 Å². The fraction of sp³-hybridized carbons (Fsp3) is 0.421. The number of aromatic nitrogens is 2. The topological polar surface area (TPSA) is 70.6 Å². The minimum Gasteiger partial charge on any atom is -0.378 e. The van der Waals surface area contributed by atoms with Crippen molar-refractivity contribution in [3.05, 3.63) is 42.2 Å².